The number of benzene rings is 1. The fraction of sp³-hybridized carbons (Fsp3) is 0.421. The van der Waals surface area contributed by atoms with Crippen molar-refractivity contribution in [1.29, 1.82) is 0 Å². The zero-order valence-electron chi connectivity index (χ0n) is 14.1. The van der Waals surface area contributed by atoms with Crippen molar-refractivity contribution in [3.63, 3.8) is 0 Å². The number of rotatable bonds is 3. The highest BCUT2D eigenvalue weighted by molar-refractivity contribution is 6.04. The molecule has 2 aliphatic rings. The summed E-state index contributed by atoms with van der Waals surface area (Å²) in [5, 5.41) is 7.94. The molecular weight excluding hydrogens is 316 g/mol. The zero-order valence-corrected chi connectivity index (χ0v) is 14.1. The average molecular weight is 338 g/mol. The van der Waals surface area contributed by atoms with Crippen LogP contribution in [0, 0.1) is 5.92 Å². The van der Waals surface area contributed by atoms with Crippen LogP contribution in [0.3, 0.4) is 0 Å². The van der Waals surface area contributed by atoms with Crippen LogP contribution in [0.1, 0.15) is 29.8 Å². The van der Waals surface area contributed by atoms with Crippen LogP contribution < -0.4 is 0 Å². The van der Waals surface area contributed by atoms with Crippen LogP contribution in [0.4, 0.5) is 0 Å². The number of para-hydroxylation sites is 1. The molecule has 1 aliphatic heterocycles. The van der Waals surface area contributed by atoms with E-state index < -0.39 is 0 Å². The molecule has 1 N–H and O–H groups in total. The lowest BCUT2D eigenvalue weighted by Crippen LogP contribution is -2.50. The highest BCUT2D eigenvalue weighted by Crippen LogP contribution is 2.22. The smallest absolute Gasteiger partial charge is 0.275 e. The van der Waals surface area contributed by atoms with Crippen molar-refractivity contribution in [2.24, 2.45) is 5.92 Å². The standard InChI is InChI=1S/C19H22N4O2/c24-17(13-14-5-1-2-6-14)22-9-11-23(12-10-22)19(25)18-15-7-3-4-8-16(15)20-21-18/h1,3-5,7-8,14H,2,6,9-13H2,(H,20,21). The Labute approximate surface area is 146 Å². The first-order valence-corrected chi connectivity index (χ1v) is 8.89. The summed E-state index contributed by atoms with van der Waals surface area (Å²) in [6.07, 6.45) is 7.06. The molecule has 2 amide bonds. The van der Waals surface area contributed by atoms with Crippen molar-refractivity contribution in [2.45, 2.75) is 19.3 Å². The van der Waals surface area contributed by atoms with E-state index in [-0.39, 0.29) is 11.8 Å². The maximum Gasteiger partial charge on any atom is 0.275 e. The summed E-state index contributed by atoms with van der Waals surface area (Å²) in [7, 11) is 0. The van der Waals surface area contributed by atoms with Gasteiger partial charge in [-0.15, -0.1) is 0 Å². The number of carbonyl (C=O) groups is 2. The second kappa shape index (κ2) is 6.70. The fourth-order valence-corrected chi connectivity index (χ4v) is 3.65. The molecule has 1 saturated heterocycles. The van der Waals surface area contributed by atoms with Crippen LogP contribution in [-0.4, -0.2) is 58.0 Å². The molecular formula is C19H22N4O2. The predicted molar refractivity (Wildman–Crippen MR) is 95.1 cm³/mol. The van der Waals surface area contributed by atoms with E-state index in [0.717, 1.165) is 23.7 Å². The number of hydrogen-bond acceptors (Lipinski definition) is 3. The molecule has 1 aliphatic carbocycles. The number of piperazine rings is 1. The van der Waals surface area contributed by atoms with E-state index in [2.05, 4.69) is 22.3 Å². The Morgan fingerprint density at radius 3 is 2.64 bits per heavy atom. The number of allylic oxidation sites excluding steroid dienone is 2. The molecule has 4 rings (SSSR count). The van der Waals surface area contributed by atoms with Crippen LogP contribution in [0.5, 0.6) is 0 Å². The normalized spacial score (nSPS) is 20.4. The van der Waals surface area contributed by atoms with E-state index >= 15 is 0 Å². The van der Waals surface area contributed by atoms with Crippen LogP contribution in [0.2, 0.25) is 0 Å². The number of hydrogen-bond donors (Lipinski definition) is 1. The maximum absolute atomic E-state index is 12.8. The lowest BCUT2D eigenvalue weighted by Gasteiger charge is -2.35. The molecule has 130 valence electrons. The minimum Gasteiger partial charge on any atom is -0.339 e. The summed E-state index contributed by atoms with van der Waals surface area (Å²) in [6, 6.07) is 7.63. The fourth-order valence-electron chi connectivity index (χ4n) is 3.65. The Hall–Kier alpha value is -2.63. The second-order valence-electron chi connectivity index (χ2n) is 6.76. The Balaban J connectivity index is 1.37. The Bertz CT molecular complexity index is 818. The molecule has 0 spiro atoms. The first-order chi connectivity index (χ1) is 12.2. The topological polar surface area (TPSA) is 69.3 Å². The minimum absolute atomic E-state index is 0.0664. The number of aromatic amines is 1. The van der Waals surface area contributed by atoms with E-state index in [0.29, 0.717) is 44.2 Å². The molecule has 0 bridgehead atoms. The lowest BCUT2D eigenvalue weighted by molar-refractivity contribution is -0.133. The van der Waals surface area contributed by atoms with Gasteiger partial charge < -0.3 is 9.80 Å². The Kier molecular flexibility index (Phi) is 4.26. The van der Waals surface area contributed by atoms with Gasteiger partial charge in [0.05, 0.1) is 5.52 Å². The molecule has 1 aromatic heterocycles. The molecule has 6 heteroatoms. The largest absolute Gasteiger partial charge is 0.339 e. The molecule has 6 nitrogen and oxygen atoms in total. The van der Waals surface area contributed by atoms with Crippen LogP contribution >= 0.6 is 0 Å². The summed E-state index contributed by atoms with van der Waals surface area (Å²) in [6.45, 7) is 2.32. The van der Waals surface area contributed by atoms with Gasteiger partial charge >= 0.3 is 0 Å². The summed E-state index contributed by atoms with van der Waals surface area (Å²) < 4.78 is 0. The van der Waals surface area contributed by atoms with E-state index in [4.69, 9.17) is 0 Å². The number of nitrogens with one attached hydrogen (secondary N) is 1. The third kappa shape index (κ3) is 3.16. The maximum atomic E-state index is 12.8. The van der Waals surface area contributed by atoms with Crippen molar-refractivity contribution >= 4 is 22.7 Å². The van der Waals surface area contributed by atoms with E-state index in [1.807, 2.05) is 29.2 Å². The van der Waals surface area contributed by atoms with Crippen LogP contribution in [-0.2, 0) is 4.79 Å². The Morgan fingerprint density at radius 2 is 1.88 bits per heavy atom. The van der Waals surface area contributed by atoms with Gasteiger partial charge in [0.25, 0.3) is 5.91 Å². The zero-order chi connectivity index (χ0) is 17.2. The first kappa shape index (κ1) is 15.9. The minimum atomic E-state index is -0.0664. The number of carbonyl (C=O) groups excluding carboxylic acids is 2. The highest BCUT2D eigenvalue weighted by atomic mass is 16.2. The van der Waals surface area contributed by atoms with Gasteiger partial charge in [0.2, 0.25) is 5.91 Å². The van der Waals surface area contributed by atoms with Gasteiger partial charge in [-0.05, 0) is 24.8 Å². The van der Waals surface area contributed by atoms with Gasteiger partial charge in [-0.1, -0.05) is 30.4 Å². The van der Waals surface area contributed by atoms with Crippen molar-refractivity contribution in [3.05, 3.63) is 42.1 Å². The number of aromatic nitrogens is 2. The summed E-state index contributed by atoms with van der Waals surface area (Å²) in [4.78, 5) is 28.8. The van der Waals surface area contributed by atoms with Crippen molar-refractivity contribution < 1.29 is 9.59 Å². The van der Waals surface area contributed by atoms with E-state index in [9.17, 15) is 9.59 Å². The van der Waals surface area contributed by atoms with Crippen LogP contribution in [0.15, 0.2) is 36.4 Å². The third-order valence-electron chi connectivity index (χ3n) is 5.14. The van der Waals surface area contributed by atoms with Crippen molar-refractivity contribution in [2.75, 3.05) is 26.2 Å². The van der Waals surface area contributed by atoms with Gasteiger partial charge in [0.15, 0.2) is 5.69 Å². The third-order valence-corrected chi connectivity index (χ3v) is 5.14. The molecule has 1 fully saturated rings. The monoisotopic (exact) mass is 338 g/mol. The number of nitrogens with zero attached hydrogens (tertiary/aromatic N) is 3. The average Bonchev–Trinajstić information content (AvgIpc) is 3.31. The SMILES string of the molecule is O=C(CC1C=CCC1)N1CCN(C(=O)c2n[nH]c3ccccc23)CC1. The quantitative estimate of drug-likeness (QED) is 0.872. The van der Waals surface area contributed by atoms with Crippen molar-refractivity contribution in [1.82, 2.24) is 20.0 Å². The van der Waals surface area contributed by atoms with Gasteiger partial charge in [-0.3, -0.25) is 14.7 Å². The molecule has 0 saturated carbocycles. The van der Waals surface area contributed by atoms with Crippen LogP contribution in [0.25, 0.3) is 10.9 Å². The molecule has 2 heterocycles. The molecule has 0 radical (unpaired) electrons. The lowest BCUT2D eigenvalue weighted by atomic mass is 10.0. The van der Waals surface area contributed by atoms with E-state index in [1.54, 1.807) is 4.90 Å². The van der Waals surface area contributed by atoms with Crippen molar-refractivity contribution in [3.8, 4) is 0 Å². The van der Waals surface area contributed by atoms with Gasteiger partial charge in [-0.2, -0.15) is 5.10 Å². The summed E-state index contributed by atoms with van der Waals surface area (Å²) in [5.74, 6) is 0.528. The second-order valence-corrected chi connectivity index (χ2v) is 6.76. The Morgan fingerprint density at radius 1 is 1.12 bits per heavy atom. The molecule has 2 aromatic rings. The number of H-pyrrole nitrogens is 1. The molecule has 1 atom stereocenters. The van der Waals surface area contributed by atoms with Gasteiger partial charge in [-0.25, -0.2) is 0 Å². The summed E-state index contributed by atoms with van der Waals surface area (Å²) >= 11 is 0. The predicted octanol–water partition coefficient (Wildman–Crippen LogP) is 2.20. The first-order valence-electron chi connectivity index (χ1n) is 8.89. The van der Waals surface area contributed by atoms with Gasteiger partial charge in [0, 0.05) is 38.0 Å². The van der Waals surface area contributed by atoms with E-state index in [1.165, 1.54) is 0 Å². The molecule has 1 aromatic carbocycles. The number of fused-ring (bicyclic) bond motifs is 1. The molecule has 1 unspecified atom stereocenters. The molecule has 25 heavy (non-hydrogen) atoms. The highest BCUT2D eigenvalue weighted by Gasteiger charge is 2.28. The van der Waals surface area contributed by atoms with Gasteiger partial charge in [0.1, 0.15) is 0 Å². The number of amides is 2. The summed E-state index contributed by atoms with van der Waals surface area (Å²) in [5.41, 5.74) is 1.33.